The summed E-state index contributed by atoms with van der Waals surface area (Å²) in [5.41, 5.74) is 2.64. The summed E-state index contributed by atoms with van der Waals surface area (Å²) >= 11 is 5.31. The van der Waals surface area contributed by atoms with Gasteiger partial charge in [0, 0.05) is 6.07 Å². The predicted molar refractivity (Wildman–Crippen MR) is 76.3 cm³/mol. The molecular formula is C15H11FN2S. The minimum atomic E-state index is -0.282. The first-order valence-electron chi connectivity index (χ1n) is 5.87. The van der Waals surface area contributed by atoms with E-state index in [0.29, 0.717) is 10.3 Å². The zero-order chi connectivity index (χ0) is 13.2. The van der Waals surface area contributed by atoms with E-state index in [4.69, 9.17) is 12.2 Å². The van der Waals surface area contributed by atoms with Crippen LogP contribution in [0.25, 0.3) is 16.9 Å². The maximum Gasteiger partial charge on any atom is 0.128 e. The van der Waals surface area contributed by atoms with Crippen molar-refractivity contribution in [3.05, 3.63) is 71.1 Å². The zero-order valence-corrected chi connectivity index (χ0v) is 10.8. The molecule has 1 aromatic heterocycles. The van der Waals surface area contributed by atoms with Crippen LogP contribution in [0.5, 0.6) is 0 Å². The molecule has 0 aliphatic carbocycles. The van der Waals surface area contributed by atoms with Gasteiger partial charge in [-0.15, -0.1) is 0 Å². The Kier molecular flexibility index (Phi) is 3.01. The SMILES string of the molecule is Fc1cccc(-n2[nH]c(-c3ccccc3)cc2=S)c1. The van der Waals surface area contributed by atoms with Crippen LogP contribution in [0.1, 0.15) is 0 Å². The standard InChI is InChI=1S/C15H11FN2S/c16-12-7-4-8-13(9-12)18-15(19)10-14(17-18)11-5-2-1-3-6-11/h1-10,17H. The lowest BCUT2D eigenvalue weighted by Crippen LogP contribution is -1.96. The monoisotopic (exact) mass is 270 g/mol. The van der Waals surface area contributed by atoms with E-state index in [1.165, 1.54) is 12.1 Å². The summed E-state index contributed by atoms with van der Waals surface area (Å²) < 4.78 is 15.6. The first kappa shape index (κ1) is 11.9. The molecule has 0 aliphatic heterocycles. The third kappa shape index (κ3) is 2.35. The first-order chi connectivity index (χ1) is 9.24. The van der Waals surface area contributed by atoms with Crippen LogP contribution in [0.2, 0.25) is 0 Å². The van der Waals surface area contributed by atoms with E-state index in [1.807, 2.05) is 42.5 Å². The number of aromatic nitrogens is 2. The lowest BCUT2D eigenvalue weighted by atomic mass is 10.2. The molecule has 0 bridgehead atoms. The molecule has 0 atom stereocenters. The first-order valence-corrected chi connectivity index (χ1v) is 6.28. The van der Waals surface area contributed by atoms with E-state index in [1.54, 1.807) is 10.7 Å². The number of H-pyrrole nitrogens is 1. The third-order valence-corrected chi connectivity index (χ3v) is 3.17. The second-order valence-electron chi connectivity index (χ2n) is 4.19. The zero-order valence-electron chi connectivity index (χ0n) is 10.0. The molecule has 4 heteroatoms. The molecule has 0 aliphatic rings. The van der Waals surface area contributed by atoms with Crippen LogP contribution >= 0.6 is 12.2 Å². The molecule has 3 rings (SSSR count). The highest BCUT2D eigenvalue weighted by Gasteiger charge is 2.05. The van der Waals surface area contributed by atoms with E-state index < -0.39 is 0 Å². The topological polar surface area (TPSA) is 20.7 Å². The number of hydrogen-bond donors (Lipinski definition) is 1. The number of halogens is 1. The average Bonchev–Trinajstić information content (AvgIpc) is 2.82. The Morgan fingerprint density at radius 1 is 0.947 bits per heavy atom. The summed E-state index contributed by atoms with van der Waals surface area (Å²) in [6, 6.07) is 18.1. The summed E-state index contributed by atoms with van der Waals surface area (Å²) in [5.74, 6) is -0.282. The fourth-order valence-corrected chi connectivity index (χ4v) is 2.24. The molecule has 0 saturated heterocycles. The van der Waals surface area contributed by atoms with E-state index in [-0.39, 0.29) is 5.82 Å². The van der Waals surface area contributed by atoms with Gasteiger partial charge < -0.3 is 0 Å². The van der Waals surface area contributed by atoms with E-state index in [2.05, 4.69) is 5.10 Å². The molecule has 2 nitrogen and oxygen atoms in total. The summed E-state index contributed by atoms with van der Waals surface area (Å²) in [6.07, 6.45) is 0. The molecule has 94 valence electrons. The molecule has 0 saturated carbocycles. The lowest BCUT2D eigenvalue weighted by Gasteiger charge is -2.03. The summed E-state index contributed by atoms with van der Waals surface area (Å²) in [6.45, 7) is 0. The number of hydrogen-bond acceptors (Lipinski definition) is 1. The number of nitrogens with zero attached hydrogens (tertiary/aromatic N) is 1. The van der Waals surface area contributed by atoms with Gasteiger partial charge in [-0.25, -0.2) is 9.07 Å². The molecule has 1 heterocycles. The van der Waals surface area contributed by atoms with Gasteiger partial charge >= 0.3 is 0 Å². The van der Waals surface area contributed by atoms with Gasteiger partial charge in [-0.2, -0.15) is 0 Å². The highest BCUT2D eigenvalue weighted by molar-refractivity contribution is 7.71. The Hall–Kier alpha value is -2.20. The van der Waals surface area contributed by atoms with Crippen LogP contribution in [-0.4, -0.2) is 9.78 Å². The average molecular weight is 270 g/mol. The second-order valence-corrected chi connectivity index (χ2v) is 4.61. The van der Waals surface area contributed by atoms with Gasteiger partial charge in [-0.05, 0) is 23.8 Å². The van der Waals surface area contributed by atoms with Gasteiger partial charge in [-0.1, -0.05) is 48.6 Å². The molecule has 1 N–H and O–H groups in total. The maximum atomic E-state index is 13.3. The summed E-state index contributed by atoms with van der Waals surface area (Å²) in [7, 11) is 0. The summed E-state index contributed by atoms with van der Waals surface area (Å²) in [5, 5.41) is 3.19. The number of nitrogens with one attached hydrogen (secondary N) is 1. The van der Waals surface area contributed by atoms with Crippen LogP contribution in [0.4, 0.5) is 4.39 Å². The Morgan fingerprint density at radius 3 is 2.47 bits per heavy atom. The summed E-state index contributed by atoms with van der Waals surface area (Å²) in [4.78, 5) is 0. The molecule has 19 heavy (non-hydrogen) atoms. The van der Waals surface area contributed by atoms with Gasteiger partial charge in [0.1, 0.15) is 10.5 Å². The minimum absolute atomic E-state index is 0.282. The third-order valence-electron chi connectivity index (χ3n) is 2.87. The Bertz CT molecular complexity index is 759. The fraction of sp³-hybridized carbons (Fsp3) is 0. The quantitative estimate of drug-likeness (QED) is 0.687. The van der Waals surface area contributed by atoms with E-state index in [9.17, 15) is 4.39 Å². The number of aromatic amines is 1. The highest BCUT2D eigenvalue weighted by Crippen LogP contribution is 2.19. The van der Waals surface area contributed by atoms with Crippen molar-refractivity contribution in [3.63, 3.8) is 0 Å². The molecule has 0 radical (unpaired) electrons. The van der Waals surface area contributed by atoms with Gasteiger partial charge in [0.2, 0.25) is 0 Å². The van der Waals surface area contributed by atoms with Gasteiger partial charge in [-0.3, -0.25) is 5.10 Å². The highest BCUT2D eigenvalue weighted by atomic mass is 32.1. The van der Waals surface area contributed by atoms with E-state index in [0.717, 1.165) is 11.3 Å². The number of rotatable bonds is 2. The van der Waals surface area contributed by atoms with Crippen LogP contribution in [0.3, 0.4) is 0 Å². The largest absolute Gasteiger partial charge is 0.292 e. The molecule has 2 aromatic carbocycles. The Balaban J connectivity index is 2.10. The molecule has 0 unspecified atom stereocenters. The second kappa shape index (κ2) is 4.82. The smallest absolute Gasteiger partial charge is 0.128 e. The molecular weight excluding hydrogens is 259 g/mol. The molecule has 3 aromatic rings. The molecule has 0 spiro atoms. The van der Waals surface area contributed by atoms with Crippen molar-refractivity contribution < 1.29 is 4.39 Å². The van der Waals surface area contributed by atoms with Crippen molar-refractivity contribution >= 4 is 12.2 Å². The van der Waals surface area contributed by atoms with Crippen LogP contribution < -0.4 is 0 Å². The van der Waals surface area contributed by atoms with Crippen molar-refractivity contribution in [2.24, 2.45) is 0 Å². The fourth-order valence-electron chi connectivity index (χ4n) is 1.97. The van der Waals surface area contributed by atoms with Crippen molar-refractivity contribution in [1.29, 1.82) is 0 Å². The molecule has 0 fully saturated rings. The minimum Gasteiger partial charge on any atom is -0.292 e. The molecule has 0 amide bonds. The lowest BCUT2D eigenvalue weighted by molar-refractivity contribution is 0.625. The van der Waals surface area contributed by atoms with Gasteiger partial charge in [0.25, 0.3) is 0 Å². The Labute approximate surface area is 115 Å². The maximum absolute atomic E-state index is 13.3. The van der Waals surface area contributed by atoms with Gasteiger partial charge in [0.05, 0.1) is 11.4 Å². The predicted octanol–water partition coefficient (Wildman–Crippen LogP) is 4.34. The van der Waals surface area contributed by atoms with Crippen molar-refractivity contribution in [2.45, 2.75) is 0 Å². The van der Waals surface area contributed by atoms with Crippen LogP contribution in [0, 0.1) is 10.5 Å². The van der Waals surface area contributed by atoms with Crippen molar-refractivity contribution in [1.82, 2.24) is 9.78 Å². The van der Waals surface area contributed by atoms with Gasteiger partial charge in [0.15, 0.2) is 0 Å². The van der Waals surface area contributed by atoms with Crippen molar-refractivity contribution in [3.8, 4) is 16.9 Å². The van der Waals surface area contributed by atoms with Crippen LogP contribution in [0.15, 0.2) is 60.7 Å². The van der Waals surface area contributed by atoms with E-state index >= 15 is 0 Å². The van der Waals surface area contributed by atoms with Crippen LogP contribution in [-0.2, 0) is 0 Å². The van der Waals surface area contributed by atoms with Crippen molar-refractivity contribution in [2.75, 3.05) is 0 Å². The number of benzene rings is 2. The Morgan fingerprint density at radius 2 is 1.74 bits per heavy atom. The normalized spacial score (nSPS) is 10.6.